The van der Waals surface area contributed by atoms with E-state index in [1.54, 1.807) is 6.07 Å². The molecule has 0 radical (unpaired) electrons. The third kappa shape index (κ3) is 7.48. The van der Waals surface area contributed by atoms with E-state index in [9.17, 15) is 14.7 Å². The van der Waals surface area contributed by atoms with Crippen molar-refractivity contribution in [3.05, 3.63) is 69.3 Å². The predicted molar refractivity (Wildman–Crippen MR) is 125 cm³/mol. The highest BCUT2D eigenvalue weighted by molar-refractivity contribution is 7.99. The Bertz CT molecular complexity index is 1170. The Labute approximate surface area is 195 Å². The van der Waals surface area contributed by atoms with E-state index in [0.717, 1.165) is 22.3 Å². The fourth-order valence-electron chi connectivity index (χ4n) is 3.20. The van der Waals surface area contributed by atoms with E-state index < -0.39 is 12.5 Å². The molecule has 0 spiro atoms. The summed E-state index contributed by atoms with van der Waals surface area (Å²) in [6.45, 7) is 4.95. The van der Waals surface area contributed by atoms with Gasteiger partial charge in [-0.15, -0.1) is 10.2 Å². The molecule has 0 fully saturated rings. The van der Waals surface area contributed by atoms with E-state index >= 15 is 0 Å². The molecule has 0 amide bonds. The van der Waals surface area contributed by atoms with Crippen molar-refractivity contribution in [2.24, 2.45) is 0 Å². The molecule has 1 heterocycles. The molecule has 0 aliphatic heterocycles. The number of aryl methyl sites for hydroxylation is 1. The van der Waals surface area contributed by atoms with Gasteiger partial charge in [0.15, 0.2) is 0 Å². The first kappa shape index (κ1) is 25.1. The number of thioether (sulfide) groups is 1. The van der Waals surface area contributed by atoms with Gasteiger partial charge in [-0.05, 0) is 49.6 Å². The molecule has 1 unspecified atom stereocenters. The van der Waals surface area contributed by atoms with Gasteiger partial charge >= 0.3 is 7.60 Å². The standard InChI is InChI=1S/C21H25N4O6PS/c1-14-11-16(13-22-9-4-10-32(28,29)30)7-8-19(14)20-23-24-21(31-20)33-15(2)17-5-3-6-18(12-17)25(26)27/h3,5-8,11-12,15,22H,4,9-10,13H2,1-2H3,(H2,28,29,30). The van der Waals surface area contributed by atoms with Crippen LogP contribution in [0, 0.1) is 17.0 Å². The lowest BCUT2D eigenvalue weighted by molar-refractivity contribution is -0.384. The van der Waals surface area contributed by atoms with Crippen LogP contribution in [0.15, 0.2) is 52.1 Å². The Kier molecular flexibility index (Phi) is 8.39. The molecule has 0 saturated carbocycles. The molecule has 10 nitrogen and oxygen atoms in total. The molecule has 0 bridgehead atoms. The summed E-state index contributed by atoms with van der Waals surface area (Å²) in [5.74, 6) is 0.391. The van der Waals surface area contributed by atoms with E-state index in [1.807, 2.05) is 38.1 Å². The Morgan fingerprint density at radius 3 is 2.73 bits per heavy atom. The molecule has 1 atom stereocenters. The summed E-state index contributed by atoms with van der Waals surface area (Å²) in [4.78, 5) is 28.3. The van der Waals surface area contributed by atoms with Gasteiger partial charge in [0.05, 0.1) is 11.1 Å². The van der Waals surface area contributed by atoms with Crippen LogP contribution in [0.25, 0.3) is 11.5 Å². The third-order valence-corrected chi connectivity index (χ3v) is 6.78. The highest BCUT2D eigenvalue weighted by Crippen LogP contribution is 2.37. The smallest absolute Gasteiger partial charge is 0.325 e. The third-order valence-electron chi connectivity index (χ3n) is 4.89. The van der Waals surface area contributed by atoms with Gasteiger partial charge in [0.2, 0.25) is 5.89 Å². The van der Waals surface area contributed by atoms with E-state index in [0.29, 0.717) is 30.6 Å². The zero-order chi connectivity index (χ0) is 24.0. The SMILES string of the molecule is Cc1cc(CNCCCP(=O)(O)O)ccc1-c1nnc(SC(C)c2cccc([N+](=O)[O-])c2)o1. The van der Waals surface area contributed by atoms with Gasteiger partial charge < -0.3 is 19.5 Å². The second kappa shape index (κ2) is 11.0. The molecule has 3 N–H and O–H groups in total. The number of nitro groups is 1. The molecule has 12 heteroatoms. The zero-order valence-corrected chi connectivity index (χ0v) is 19.9. The Hall–Kier alpha value is -2.56. The van der Waals surface area contributed by atoms with Crippen LogP contribution >= 0.6 is 19.4 Å². The second-order valence-electron chi connectivity index (χ2n) is 7.55. The lowest BCUT2D eigenvalue weighted by Gasteiger charge is -2.09. The van der Waals surface area contributed by atoms with E-state index in [2.05, 4.69) is 15.5 Å². The van der Waals surface area contributed by atoms with Crippen LogP contribution in [-0.4, -0.2) is 37.6 Å². The first-order valence-corrected chi connectivity index (χ1v) is 12.9. The maximum atomic E-state index is 11.0. The van der Waals surface area contributed by atoms with Crippen molar-refractivity contribution in [3.63, 3.8) is 0 Å². The summed E-state index contributed by atoms with van der Waals surface area (Å²) < 4.78 is 16.7. The van der Waals surface area contributed by atoms with E-state index in [4.69, 9.17) is 14.2 Å². The van der Waals surface area contributed by atoms with Gasteiger partial charge in [-0.3, -0.25) is 14.7 Å². The van der Waals surface area contributed by atoms with Crippen LogP contribution in [0.2, 0.25) is 0 Å². The lowest BCUT2D eigenvalue weighted by atomic mass is 10.1. The highest BCUT2D eigenvalue weighted by atomic mass is 32.2. The van der Waals surface area contributed by atoms with Crippen LogP contribution < -0.4 is 5.32 Å². The van der Waals surface area contributed by atoms with Gasteiger partial charge in [-0.2, -0.15) is 0 Å². The van der Waals surface area contributed by atoms with E-state index in [1.165, 1.54) is 23.9 Å². The van der Waals surface area contributed by atoms with E-state index in [-0.39, 0.29) is 17.1 Å². The fraction of sp³-hybridized carbons (Fsp3) is 0.333. The monoisotopic (exact) mass is 492 g/mol. The molecule has 1 aromatic heterocycles. The molecule has 0 aliphatic carbocycles. The van der Waals surface area contributed by atoms with Crippen molar-refractivity contribution in [3.8, 4) is 11.5 Å². The topological polar surface area (TPSA) is 152 Å². The van der Waals surface area contributed by atoms with Gasteiger partial charge in [0.1, 0.15) is 0 Å². The number of nitrogens with one attached hydrogen (secondary N) is 1. The number of hydrogen-bond acceptors (Lipinski definition) is 8. The van der Waals surface area contributed by atoms with Crippen molar-refractivity contribution in [1.82, 2.24) is 15.5 Å². The molecule has 176 valence electrons. The summed E-state index contributed by atoms with van der Waals surface area (Å²) in [7, 11) is -3.95. The Morgan fingerprint density at radius 2 is 2.03 bits per heavy atom. The van der Waals surface area contributed by atoms with Crippen LogP contribution in [-0.2, 0) is 11.1 Å². The summed E-state index contributed by atoms with van der Waals surface area (Å²) in [6, 6.07) is 12.3. The van der Waals surface area contributed by atoms with Crippen LogP contribution in [0.4, 0.5) is 5.69 Å². The maximum Gasteiger partial charge on any atom is 0.325 e. The van der Waals surface area contributed by atoms with Gasteiger partial charge in [-0.1, -0.05) is 36.0 Å². The summed E-state index contributed by atoms with van der Waals surface area (Å²) in [5.41, 5.74) is 3.63. The Balaban J connectivity index is 1.60. The van der Waals surface area contributed by atoms with Crippen molar-refractivity contribution >= 4 is 25.0 Å². The van der Waals surface area contributed by atoms with Crippen molar-refractivity contribution < 1.29 is 23.7 Å². The van der Waals surface area contributed by atoms with Gasteiger partial charge in [0, 0.05) is 29.5 Å². The van der Waals surface area contributed by atoms with Crippen molar-refractivity contribution in [2.45, 2.75) is 37.3 Å². The molecular weight excluding hydrogens is 467 g/mol. The number of hydrogen-bond donors (Lipinski definition) is 3. The summed E-state index contributed by atoms with van der Waals surface area (Å²) in [6.07, 6.45) is 0.272. The normalized spacial score (nSPS) is 12.6. The highest BCUT2D eigenvalue weighted by Gasteiger charge is 2.17. The first-order chi connectivity index (χ1) is 15.6. The Morgan fingerprint density at radius 1 is 1.24 bits per heavy atom. The predicted octanol–water partition coefficient (Wildman–Crippen LogP) is 4.46. The molecule has 0 aliphatic rings. The average molecular weight is 492 g/mol. The van der Waals surface area contributed by atoms with Crippen molar-refractivity contribution in [2.75, 3.05) is 12.7 Å². The number of aromatic nitrogens is 2. The summed E-state index contributed by atoms with van der Waals surface area (Å²) in [5, 5.41) is 22.7. The quantitative estimate of drug-likeness (QED) is 0.115. The molecule has 2 aromatic carbocycles. The minimum absolute atomic E-state index is 0.0400. The van der Waals surface area contributed by atoms with Crippen LogP contribution in [0.5, 0.6) is 0 Å². The number of nitro benzene ring substituents is 1. The summed E-state index contributed by atoms with van der Waals surface area (Å²) >= 11 is 1.33. The molecule has 3 aromatic rings. The fourth-order valence-corrected chi connectivity index (χ4v) is 4.57. The average Bonchev–Trinajstić information content (AvgIpc) is 3.21. The number of benzene rings is 2. The molecule has 3 rings (SSSR count). The lowest BCUT2D eigenvalue weighted by Crippen LogP contribution is -2.15. The maximum absolute atomic E-state index is 11.0. The van der Waals surface area contributed by atoms with Gasteiger partial charge in [-0.25, -0.2) is 0 Å². The van der Waals surface area contributed by atoms with Crippen LogP contribution in [0.3, 0.4) is 0 Å². The number of nitrogens with zero attached hydrogens (tertiary/aromatic N) is 3. The minimum Gasteiger partial charge on any atom is -0.411 e. The van der Waals surface area contributed by atoms with Crippen LogP contribution in [0.1, 0.15) is 35.3 Å². The number of non-ortho nitro benzene ring substituents is 1. The van der Waals surface area contributed by atoms with Gasteiger partial charge in [0.25, 0.3) is 10.9 Å². The first-order valence-electron chi connectivity index (χ1n) is 10.2. The molecule has 0 saturated heterocycles. The largest absolute Gasteiger partial charge is 0.411 e. The minimum atomic E-state index is -3.95. The molecule has 33 heavy (non-hydrogen) atoms. The second-order valence-corrected chi connectivity index (χ2v) is 10.6. The zero-order valence-electron chi connectivity index (χ0n) is 18.2. The molecular formula is C21H25N4O6PS. The number of rotatable bonds is 11. The van der Waals surface area contributed by atoms with Crippen molar-refractivity contribution in [1.29, 1.82) is 0 Å².